The molecule has 0 spiro atoms. The molecule has 1 aromatic rings. The zero-order valence-corrected chi connectivity index (χ0v) is 14.1. The molecule has 0 amide bonds. The molecule has 1 aliphatic heterocycles. The average molecular weight is 291 g/mol. The van der Waals surface area contributed by atoms with Crippen molar-refractivity contribution in [3.63, 3.8) is 0 Å². The summed E-state index contributed by atoms with van der Waals surface area (Å²) in [5.74, 6) is 0.987. The van der Waals surface area contributed by atoms with Gasteiger partial charge < -0.3 is 14.9 Å². The molecule has 0 saturated carbocycles. The van der Waals surface area contributed by atoms with E-state index in [9.17, 15) is 5.11 Å². The Balaban J connectivity index is 2.25. The summed E-state index contributed by atoms with van der Waals surface area (Å²) in [5.41, 5.74) is 1.99. The van der Waals surface area contributed by atoms with E-state index in [1.165, 1.54) is 12.8 Å². The first-order chi connectivity index (χ1) is 9.81. The summed E-state index contributed by atoms with van der Waals surface area (Å²) in [5, 5.41) is 9.53. The largest absolute Gasteiger partial charge is 0.392 e. The van der Waals surface area contributed by atoms with Gasteiger partial charge in [0.25, 0.3) is 0 Å². The molecule has 4 nitrogen and oxygen atoms in total. The van der Waals surface area contributed by atoms with Gasteiger partial charge in [-0.1, -0.05) is 20.8 Å². The molecule has 0 unspecified atom stereocenters. The normalized spacial score (nSPS) is 18.0. The molecule has 4 heteroatoms. The zero-order chi connectivity index (χ0) is 15.6. The minimum atomic E-state index is -0.00640. The minimum Gasteiger partial charge on any atom is -0.392 e. The molecule has 1 N–H and O–H groups in total. The van der Waals surface area contributed by atoms with Gasteiger partial charge >= 0.3 is 0 Å². The summed E-state index contributed by atoms with van der Waals surface area (Å²) in [7, 11) is 4.31. The Morgan fingerprint density at radius 1 is 1.29 bits per heavy atom. The molecular weight excluding hydrogens is 262 g/mol. The van der Waals surface area contributed by atoms with Gasteiger partial charge in [0.1, 0.15) is 5.82 Å². The standard InChI is InChI=1S/C17H29N3O/c1-17(2,3)15-10-13(12-21)11-16(18-15)20(5)14-6-8-19(4)9-7-14/h10-11,14,21H,6-9,12H2,1-5H3. The van der Waals surface area contributed by atoms with Crippen LogP contribution in [0.15, 0.2) is 12.1 Å². The fourth-order valence-electron chi connectivity index (χ4n) is 2.80. The van der Waals surface area contributed by atoms with Crippen LogP contribution in [0.1, 0.15) is 44.9 Å². The van der Waals surface area contributed by atoms with Crippen molar-refractivity contribution in [1.29, 1.82) is 0 Å². The van der Waals surface area contributed by atoms with Crippen molar-refractivity contribution in [3.8, 4) is 0 Å². The third kappa shape index (κ3) is 3.95. The van der Waals surface area contributed by atoms with Crippen molar-refractivity contribution >= 4 is 5.82 Å². The van der Waals surface area contributed by atoms with Gasteiger partial charge in [0.05, 0.1) is 6.61 Å². The predicted octanol–water partition coefficient (Wildman–Crippen LogP) is 2.40. The Morgan fingerprint density at radius 3 is 2.43 bits per heavy atom. The first-order valence-electron chi connectivity index (χ1n) is 7.85. The van der Waals surface area contributed by atoms with E-state index < -0.39 is 0 Å². The summed E-state index contributed by atoms with van der Waals surface area (Å²) in [6.07, 6.45) is 2.34. The number of pyridine rings is 1. The number of hydrogen-bond acceptors (Lipinski definition) is 4. The van der Waals surface area contributed by atoms with Crippen LogP contribution in [0, 0.1) is 0 Å². The van der Waals surface area contributed by atoms with Crippen LogP contribution < -0.4 is 4.90 Å². The maximum atomic E-state index is 9.53. The Labute approximate surface area is 128 Å². The fourth-order valence-corrected chi connectivity index (χ4v) is 2.80. The third-order valence-electron chi connectivity index (χ3n) is 4.42. The highest BCUT2D eigenvalue weighted by molar-refractivity contribution is 5.44. The van der Waals surface area contributed by atoms with Crippen molar-refractivity contribution in [3.05, 3.63) is 23.4 Å². The molecule has 0 bridgehead atoms. The van der Waals surface area contributed by atoms with Gasteiger partial charge in [-0.2, -0.15) is 0 Å². The smallest absolute Gasteiger partial charge is 0.129 e. The fraction of sp³-hybridized carbons (Fsp3) is 0.706. The number of piperidine rings is 1. The van der Waals surface area contributed by atoms with Crippen molar-refractivity contribution in [2.24, 2.45) is 0 Å². The van der Waals surface area contributed by atoms with E-state index in [0.29, 0.717) is 6.04 Å². The van der Waals surface area contributed by atoms with Crippen LogP contribution in [0.3, 0.4) is 0 Å². The van der Waals surface area contributed by atoms with Crippen LogP contribution in [-0.2, 0) is 12.0 Å². The number of likely N-dealkylation sites (tertiary alicyclic amines) is 1. The van der Waals surface area contributed by atoms with Gasteiger partial charge in [-0.25, -0.2) is 4.98 Å². The summed E-state index contributed by atoms with van der Waals surface area (Å²) >= 11 is 0. The molecule has 0 atom stereocenters. The molecular formula is C17H29N3O. The Kier molecular flexibility index (Phi) is 4.89. The van der Waals surface area contributed by atoms with Gasteiger partial charge in [-0.15, -0.1) is 0 Å². The second-order valence-corrected chi connectivity index (χ2v) is 7.27. The lowest BCUT2D eigenvalue weighted by atomic mass is 9.90. The SMILES string of the molecule is CN1CCC(N(C)c2cc(CO)cc(C(C)(C)C)n2)CC1. The molecule has 0 aliphatic carbocycles. The maximum absolute atomic E-state index is 9.53. The summed E-state index contributed by atoms with van der Waals surface area (Å²) < 4.78 is 0. The molecule has 1 aromatic heterocycles. The lowest BCUT2D eigenvalue weighted by Crippen LogP contribution is -2.42. The number of hydrogen-bond donors (Lipinski definition) is 1. The highest BCUT2D eigenvalue weighted by Crippen LogP contribution is 2.27. The van der Waals surface area contributed by atoms with Crippen molar-refractivity contribution in [2.75, 3.05) is 32.1 Å². The predicted molar refractivity (Wildman–Crippen MR) is 87.8 cm³/mol. The quantitative estimate of drug-likeness (QED) is 0.928. The van der Waals surface area contributed by atoms with Gasteiger partial charge in [-0.05, 0) is 50.7 Å². The van der Waals surface area contributed by atoms with Crippen molar-refractivity contribution < 1.29 is 5.11 Å². The number of anilines is 1. The molecule has 118 valence electrons. The lowest BCUT2D eigenvalue weighted by molar-refractivity contribution is 0.252. The molecule has 21 heavy (non-hydrogen) atoms. The number of aliphatic hydroxyl groups excluding tert-OH is 1. The Bertz CT molecular complexity index is 473. The minimum absolute atomic E-state index is 0.00640. The number of aromatic nitrogens is 1. The summed E-state index contributed by atoms with van der Waals surface area (Å²) in [6, 6.07) is 4.58. The van der Waals surface area contributed by atoms with Crippen molar-refractivity contribution in [1.82, 2.24) is 9.88 Å². The van der Waals surface area contributed by atoms with Crippen molar-refractivity contribution in [2.45, 2.75) is 51.7 Å². The second kappa shape index (κ2) is 6.32. The number of nitrogens with zero attached hydrogens (tertiary/aromatic N) is 3. The molecule has 2 rings (SSSR count). The third-order valence-corrected chi connectivity index (χ3v) is 4.42. The van der Waals surface area contributed by atoms with E-state index >= 15 is 0 Å². The van der Waals surface area contributed by atoms with Gasteiger partial charge in [0.15, 0.2) is 0 Å². The monoisotopic (exact) mass is 291 g/mol. The van der Waals surface area contributed by atoms with Crippen LogP contribution in [-0.4, -0.2) is 48.2 Å². The Hall–Kier alpha value is -1.13. The van der Waals surface area contributed by atoms with Crippen LogP contribution in [0.25, 0.3) is 0 Å². The molecule has 0 aromatic carbocycles. The van der Waals surface area contributed by atoms with Gasteiger partial charge in [0.2, 0.25) is 0 Å². The van der Waals surface area contributed by atoms with Crippen LogP contribution >= 0.6 is 0 Å². The first kappa shape index (κ1) is 16.2. The number of aliphatic hydroxyl groups is 1. The summed E-state index contributed by atoms with van der Waals surface area (Å²) in [6.45, 7) is 8.84. The maximum Gasteiger partial charge on any atom is 0.129 e. The van der Waals surface area contributed by atoms with E-state index in [4.69, 9.17) is 4.98 Å². The highest BCUT2D eigenvalue weighted by Gasteiger charge is 2.23. The lowest BCUT2D eigenvalue weighted by Gasteiger charge is -2.36. The molecule has 1 saturated heterocycles. The van der Waals surface area contributed by atoms with Gasteiger partial charge in [-0.3, -0.25) is 0 Å². The van der Waals surface area contributed by atoms with E-state index in [1.807, 2.05) is 12.1 Å². The van der Waals surface area contributed by atoms with E-state index in [0.717, 1.165) is 30.2 Å². The van der Waals surface area contributed by atoms with Crippen LogP contribution in [0.5, 0.6) is 0 Å². The molecule has 2 heterocycles. The molecule has 0 radical (unpaired) electrons. The van der Waals surface area contributed by atoms with E-state index in [1.54, 1.807) is 0 Å². The van der Waals surface area contributed by atoms with Crippen LogP contribution in [0.4, 0.5) is 5.82 Å². The second-order valence-electron chi connectivity index (χ2n) is 7.27. The van der Waals surface area contributed by atoms with E-state index in [2.05, 4.69) is 44.7 Å². The Morgan fingerprint density at radius 2 is 1.90 bits per heavy atom. The van der Waals surface area contributed by atoms with E-state index in [-0.39, 0.29) is 12.0 Å². The number of rotatable bonds is 3. The average Bonchev–Trinajstić information content (AvgIpc) is 2.46. The highest BCUT2D eigenvalue weighted by atomic mass is 16.3. The molecule has 1 fully saturated rings. The zero-order valence-electron chi connectivity index (χ0n) is 14.1. The van der Waals surface area contributed by atoms with Gasteiger partial charge in [0, 0.05) is 24.2 Å². The first-order valence-corrected chi connectivity index (χ1v) is 7.85. The topological polar surface area (TPSA) is 39.6 Å². The molecule has 1 aliphatic rings. The van der Waals surface area contributed by atoms with Crippen LogP contribution in [0.2, 0.25) is 0 Å². The summed E-state index contributed by atoms with van der Waals surface area (Å²) in [4.78, 5) is 9.52.